The summed E-state index contributed by atoms with van der Waals surface area (Å²) in [6.45, 7) is 12.2. The largest absolute Gasteiger partial charge is 0.307 e. The van der Waals surface area contributed by atoms with Crippen LogP contribution in [0.4, 0.5) is 5.82 Å². The zero-order valence-electron chi connectivity index (χ0n) is 18.8. The van der Waals surface area contributed by atoms with E-state index in [4.69, 9.17) is 4.98 Å². The van der Waals surface area contributed by atoms with Crippen molar-refractivity contribution in [1.29, 1.82) is 0 Å². The zero-order chi connectivity index (χ0) is 22.3. The second kappa shape index (κ2) is 7.65. The summed E-state index contributed by atoms with van der Waals surface area (Å²) in [6, 6.07) is 13.7. The molecule has 7 heteroatoms. The van der Waals surface area contributed by atoms with E-state index in [2.05, 4.69) is 36.3 Å². The Labute approximate surface area is 182 Å². The van der Waals surface area contributed by atoms with Gasteiger partial charge in [0.15, 0.2) is 5.65 Å². The molecule has 1 N–H and O–H groups in total. The highest BCUT2D eigenvalue weighted by Crippen LogP contribution is 2.28. The number of pyridine rings is 1. The average Bonchev–Trinajstić information content (AvgIpc) is 3.31. The monoisotopic (exact) mass is 416 g/mol. The summed E-state index contributed by atoms with van der Waals surface area (Å²) in [6.07, 6.45) is 1.72. The molecule has 3 heterocycles. The minimum atomic E-state index is -0.262. The SMILES string of the molecule is Cc1cc(NC(=O)c2cc(-c3ccccc3)nc3c2cnn3C(C)C)n(C(C)(C)C)n1. The Balaban J connectivity index is 1.84. The van der Waals surface area contributed by atoms with Crippen LogP contribution in [0.2, 0.25) is 0 Å². The molecule has 0 spiro atoms. The van der Waals surface area contributed by atoms with Crippen LogP contribution >= 0.6 is 0 Å². The number of hydrogen-bond donors (Lipinski definition) is 1. The van der Waals surface area contributed by atoms with Crippen LogP contribution in [0.3, 0.4) is 0 Å². The maximum Gasteiger partial charge on any atom is 0.257 e. The fraction of sp³-hybridized carbons (Fsp3) is 0.333. The van der Waals surface area contributed by atoms with E-state index in [9.17, 15) is 4.79 Å². The van der Waals surface area contributed by atoms with Crippen molar-refractivity contribution in [3.63, 3.8) is 0 Å². The van der Waals surface area contributed by atoms with Crippen molar-refractivity contribution in [2.24, 2.45) is 0 Å². The number of anilines is 1. The van der Waals surface area contributed by atoms with Crippen LogP contribution in [0, 0.1) is 6.92 Å². The van der Waals surface area contributed by atoms with Crippen LogP contribution in [0.15, 0.2) is 48.7 Å². The molecule has 1 aromatic carbocycles. The molecule has 0 unspecified atom stereocenters. The first-order valence-corrected chi connectivity index (χ1v) is 10.5. The lowest BCUT2D eigenvalue weighted by molar-refractivity contribution is 0.102. The molecule has 0 radical (unpaired) electrons. The van der Waals surface area contributed by atoms with Crippen molar-refractivity contribution in [3.05, 3.63) is 59.9 Å². The number of aromatic nitrogens is 5. The lowest BCUT2D eigenvalue weighted by atomic mass is 10.1. The van der Waals surface area contributed by atoms with Gasteiger partial charge < -0.3 is 5.32 Å². The third kappa shape index (κ3) is 3.95. The van der Waals surface area contributed by atoms with E-state index in [1.165, 1.54) is 0 Å². The molecule has 0 aliphatic heterocycles. The Morgan fingerprint density at radius 3 is 2.45 bits per heavy atom. The van der Waals surface area contributed by atoms with E-state index in [0.29, 0.717) is 17.0 Å². The summed E-state index contributed by atoms with van der Waals surface area (Å²) in [5, 5.41) is 12.8. The molecular weight excluding hydrogens is 388 g/mol. The van der Waals surface area contributed by atoms with E-state index in [0.717, 1.165) is 22.3 Å². The van der Waals surface area contributed by atoms with Crippen LogP contribution in [0.5, 0.6) is 0 Å². The second-order valence-electron chi connectivity index (χ2n) is 9.05. The first-order chi connectivity index (χ1) is 14.6. The molecule has 0 aliphatic carbocycles. The first-order valence-electron chi connectivity index (χ1n) is 10.5. The average molecular weight is 417 g/mol. The van der Waals surface area contributed by atoms with Crippen molar-refractivity contribution < 1.29 is 4.79 Å². The molecule has 4 rings (SSSR count). The van der Waals surface area contributed by atoms with Gasteiger partial charge in [0, 0.05) is 17.7 Å². The molecule has 3 aromatic heterocycles. The number of carbonyl (C=O) groups is 1. The summed E-state index contributed by atoms with van der Waals surface area (Å²) in [5.41, 5.74) is 3.51. The summed E-state index contributed by atoms with van der Waals surface area (Å²) in [7, 11) is 0. The molecule has 0 bridgehead atoms. The molecule has 160 valence electrons. The summed E-state index contributed by atoms with van der Waals surface area (Å²) in [5.74, 6) is 0.454. The molecule has 0 atom stereocenters. The van der Waals surface area contributed by atoms with Gasteiger partial charge in [-0.15, -0.1) is 0 Å². The van der Waals surface area contributed by atoms with E-state index >= 15 is 0 Å². The number of fused-ring (bicyclic) bond motifs is 1. The van der Waals surface area contributed by atoms with Gasteiger partial charge >= 0.3 is 0 Å². The smallest absolute Gasteiger partial charge is 0.257 e. The van der Waals surface area contributed by atoms with Gasteiger partial charge in [0.2, 0.25) is 0 Å². The van der Waals surface area contributed by atoms with Gasteiger partial charge in [-0.2, -0.15) is 10.2 Å². The maximum absolute atomic E-state index is 13.5. The van der Waals surface area contributed by atoms with Gasteiger partial charge in [0.1, 0.15) is 5.82 Å². The Morgan fingerprint density at radius 1 is 1.10 bits per heavy atom. The first kappa shape index (κ1) is 20.8. The molecular formula is C24H28N6O. The van der Waals surface area contributed by atoms with Crippen LogP contribution in [0.1, 0.15) is 56.7 Å². The normalized spacial score (nSPS) is 12.0. The maximum atomic E-state index is 13.5. The standard InChI is InChI=1S/C24H28N6O/c1-15(2)29-22-19(14-25-29)18(13-20(26-22)17-10-8-7-9-11-17)23(31)27-21-12-16(3)28-30(21)24(4,5)6/h7-15H,1-6H3,(H,27,31). The quantitative estimate of drug-likeness (QED) is 0.496. The fourth-order valence-corrected chi connectivity index (χ4v) is 3.62. The third-order valence-corrected chi connectivity index (χ3v) is 5.08. The van der Waals surface area contributed by atoms with Gasteiger partial charge in [0.05, 0.1) is 34.1 Å². The van der Waals surface area contributed by atoms with Crippen LogP contribution in [-0.2, 0) is 5.54 Å². The molecule has 0 saturated heterocycles. The lowest BCUT2D eigenvalue weighted by Crippen LogP contribution is -2.27. The molecule has 0 aliphatic rings. The number of aryl methyl sites for hydroxylation is 1. The van der Waals surface area contributed by atoms with Crippen LogP contribution < -0.4 is 5.32 Å². The zero-order valence-corrected chi connectivity index (χ0v) is 18.8. The number of rotatable bonds is 4. The highest BCUT2D eigenvalue weighted by Gasteiger charge is 2.23. The van der Waals surface area contributed by atoms with E-state index in [-0.39, 0.29) is 17.5 Å². The highest BCUT2D eigenvalue weighted by atomic mass is 16.1. The topological polar surface area (TPSA) is 77.6 Å². The Bertz CT molecular complexity index is 1240. The number of benzene rings is 1. The Morgan fingerprint density at radius 2 is 1.81 bits per heavy atom. The van der Waals surface area contributed by atoms with Gasteiger partial charge in [-0.1, -0.05) is 30.3 Å². The number of hydrogen-bond acceptors (Lipinski definition) is 4. The van der Waals surface area contributed by atoms with Gasteiger partial charge in [0.25, 0.3) is 5.91 Å². The fourth-order valence-electron chi connectivity index (χ4n) is 3.62. The van der Waals surface area contributed by atoms with E-state index in [1.54, 1.807) is 6.20 Å². The molecule has 0 fully saturated rings. The minimum absolute atomic E-state index is 0.122. The van der Waals surface area contributed by atoms with Crippen molar-refractivity contribution in [2.45, 2.75) is 53.1 Å². The van der Waals surface area contributed by atoms with Crippen molar-refractivity contribution >= 4 is 22.8 Å². The lowest BCUT2D eigenvalue weighted by Gasteiger charge is -2.22. The number of nitrogens with zero attached hydrogens (tertiary/aromatic N) is 5. The van der Waals surface area contributed by atoms with Gasteiger partial charge in [-0.3, -0.25) is 4.79 Å². The van der Waals surface area contributed by atoms with Crippen molar-refractivity contribution in [3.8, 4) is 11.3 Å². The van der Waals surface area contributed by atoms with E-state index in [1.807, 2.05) is 72.6 Å². The number of carbonyl (C=O) groups excluding carboxylic acids is 1. The summed E-state index contributed by atoms with van der Waals surface area (Å²) < 4.78 is 3.69. The van der Waals surface area contributed by atoms with Crippen LogP contribution in [-0.4, -0.2) is 30.5 Å². The van der Waals surface area contributed by atoms with Crippen LogP contribution in [0.25, 0.3) is 22.3 Å². The highest BCUT2D eigenvalue weighted by molar-refractivity contribution is 6.12. The number of amides is 1. The van der Waals surface area contributed by atoms with Crippen molar-refractivity contribution in [2.75, 3.05) is 5.32 Å². The molecule has 0 saturated carbocycles. The van der Waals surface area contributed by atoms with Gasteiger partial charge in [-0.05, 0) is 47.6 Å². The number of nitrogens with one attached hydrogen (secondary N) is 1. The summed E-state index contributed by atoms with van der Waals surface area (Å²) in [4.78, 5) is 18.3. The molecule has 31 heavy (non-hydrogen) atoms. The predicted molar refractivity (Wildman–Crippen MR) is 123 cm³/mol. The Hall–Kier alpha value is -3.48. The molecule has 4 aromatic rings. The molecule has 7 nitrogen and oxygen atoms in total. The molecule has 1 amide bonds. The van der Waals surface area contributed by atoms with Gasteiger partial charge in [-0.25, -0.2) is 14.3 Å². The minimum Gasteiger partial charge on any atom is -0.307 e. The third-order valence-electron chi connectivity index (χ3n) is 5.08. The predicted octanol–water partition coefficient (Wildman–Crippen LogP) is 5.19. The second-order valence-corrected chi connectivity index (χ2v) is 9.05. The Kier molecular flexibility index (Phi) is 5.13. The van der Waals surface area contributed by atoms with E-state index < -0.39 is 0 Å². The van der Waals surface area contributed by atoms with Crippen molar-refractivity contribution in [1.82, 2.24) is 24.5 Å². The summed E-state index contributed by atoms with van der Waals surface area (Å²) >= 11 is 0.